The van der Waals surface area contributed by atoms with Gasteiger partial charge < -0.3 is 15.2 Å². The SMILES string of the molecule is C=CCn1c(SCC(=O)Nc2ccc(Cl)c(Cl)c2)nnc1[C@H](NC(=O)c1ccc(Cl)cc1Cl)C(C)C. The molecule has 3 aromatic rings. The maximum Gasteiger partial charge on any atom is 0.253 e. The van der Waals surface area contributed by atoms with Gasteiger partial charge in [-0.25, -0.2) is 0 Å². The zero-order chi connectivity index (χ0) is 26.4. The first kappa shape index (κ1) is 28.3. The third-order valence-electron chi connectivity index (χ3n) is 5.00. The largest absolute Gasteiger partial charge is 0.342 e. The molecule has 2 amide bonds. The number of aromatic nitrogens is 3. The quantitative estimate of drug-likeness (QED) is 0.198. The highest BCUT2D eigenvalue weighted by molar-refractivity contribution is 7.99. The number of nitrogens with one attached hydrogen (secondary N) is 2. The summed E-state index contributed by atoms with van der Waals surface area (Å²) in [6.45, 7) is 8.11. The van der Waals surface area contributed by atoms with Crippen LogP contribution in [0.5, 0.6) is 0 Å². The summed E-state index contributed by atoms with van der Waals surface area (Å²) in [6, 6.07) is 9.06. The second-order valence-electron chi connectivity index (χ2n) is 8.03. The number of hydrogen-bond donors (Lipinski definition) is 2. The van der Waals surface area contributed by atoms with Crippen molar-refractivity contribution >= 4 is 75.7 Å². The molecule has 0 fully saturated rings. The molecule has 0 saturated heterocycles. The molecule has 0 spiro atoms. The summed E-state index contributed by atoms with van der Waals surface area (Å²) < 4.78 is 1.82. The molecule has 190 valence electrons. The van der Waals surface area contributed by atoms with E-state index in [4.69, 9.17) is 46.4 Å². The van der Waals surface area contributed by atoms with Gasteiger partial charge in [0.05, 0.1) is 32.4 Å². The normalized spacial score (nSPS) is 11.9. The molecule has 2 N–H and O–H groups in total. The Hall–Kier alpha value is -2.23. The molecule has 1 aromatic heterocycles. The van der Waals surface area contributed by atoms with Crippen molar-refractivity contribution in [2.24, 2.45) is 5.92 Å². The Morgan fingerprint density at radius 1 is 1.06 bits per heavy atom. The zero-order valence-corrected chi connectivity index (χ0v) is 23.2. The first-order valence-electron chi connectivity index (χ1n) is 10.8. The Morgan fingerprint density at radius 3 is 2.44 bits per heavy atom. The standard InChI is InChI=1S/C24H23Cl4N5O2S/c1-4-9-33-22(21(13(2)3)30-23(35)16-7-5-14(25)10-18(16)27)31-32-24(33)36-12-20(34)29-15-6-8-17(26)19(28)11-15/h4-8,10-11,13,21H,1,9,12H2,2-3H3,(H,29,34)(H,30,35)/t21-/m1/s1. The molecule has 0 unspecified atom stereocenters. The summed E-state index contributed by atoms with van der Waals surface area (Å²) in [4.78, 5) is 25.5. The summed E-state index contributed by atoms with van der Waals surface area (Å²) in [5.74, 6) is -0.0218. The van der Waals surface area contributed by atoms with Crippen molar-refractivity contribution < 1.29 is 9.59 Å². The molecular weight excluding hydrogens is 564 g/mol. The number of carbonyl (C=O) groups is 2. The fourth-order valence-electron chi connectivity index (χ4n) is 3.26. The molecule has 0 saturated carbocycles. The maximum absolute atomic E-state index is 13.0. The van der Waals surface area contributed by atoms with Crippen LogP contribution in [0.15, 0.2) is 54.2 Å². The lowest BCUT2D eigenvalue weighted by atomic mass is 10.0. The molecule has 3 rings (SSSR count). The second kappa shape index (κ2) is 12.8. The van der Waals surface area contributed by atoms with E-state index in [1.807, 2.05) is 18.4 Å². The fourth-order valence-corrected chi connectivity index (χ4v) is 4.81. The molecule has 0 bridgehead atoms. The van der Waals surface area contributed by atoms with E-state index in [1.165, 1.54) is 17.8 Å². The van der Waals surface area contributed by atoms with Crippen LogP contribution < -0.4 is 10.6 Å². The predicted molar refractivity (Wildman–Crippen MR) is 148 cm³/mol. The average molecular weight is 587 g/mol. The van der Waals surface area contributed by atoms with Crippen LogP contribution >= 0.6 is 58.2 Å². The Bertz CT molecular complexity index is 1280. The molecule has 2 aromatic carbocycles. The fraction of sp³-hybridized carbons (Fsp3) is 0.250. The summed E-state index contributed by atoms with van der Waals surface area (Å²) in [6.07, 6.45) is 1.70. The van der Waals surface area contributed by atoms with Crippen molar-refractivity contribution in [1.82, 2.24) is 20.1 Å². The van der Waals surface area contributed by atoms with Crippen LogP contribution in [0, 0.1) is 5.92 Å². The highest BCUT2D eigenvalue weighted by atomic mass is 35.5. The number of halogens is 4. The van der Waals surface area contributed by atoms with E-state index in [-0.39, 0.29) is 28.5 Å². The topological polar surface area (TPSA) is 88.9 Å². The summed E-state index contributed by atoms with van der Waals surface area (Å²) in [5, 5.41) is 16.3. The van der Waals surface area contributed by atoms with Crippen molar-refractivity contribution in [2.45, 2.75) is 31.6 Å². The molecular formula is C24H23Cl4N5O2S. The van der Waals surface area contributed by atoms with Gasteiger partial charge in [-0.3, -0.25) is 9.59 Å². The molecule has 1 heterocycles. The van der Waals surface area contributed by atoms with Crippen LogP contribution in [0.2, 0.25) is 20.1 Å². The van der Waals surface area contributed by atoms with Crippen molar-refractivity contribution in [1.29, 1.82) is 0 Å². The summed E-state index contributed by atoms with van der Waals surface area (Å²) in [5.41, 5.74) is 0.835. The third kappa shape index (κ3) is 7.17. The lowest BCUT2D eigenvalue weighted by molar-refractivity contribution is -0.113. The van der Waals surface area contributed by atoms with Crippen LogP contribution in [-0.2, 0) is 11.3 Å². The van der Waals surface area contributed by atoms with E-state index < -0.39 is 6.04 Å². The predicted octanol–water partition coefficient (Wildman–Crippen LogP) is 6.94. The second-order valence-corrected chi connectivity index (χ2v) is 10.6. The molecule has 0 aliphatic carbocycles. The molecule has 12 heteroatoms. The summed E-state index contributed by atoms with van der Waals surface area (Å²) >= 11 is 25.3. The number of nitrogens with zero attached hydrogens (tertiary/aromatic N) is 3. The van der Waals surface area contributed by atoms with Crippen molar-refractivity contribution in [3.05, 3.63) is 80.5 Å². The van der Waals surface area contributed by atoms with Crippen LogP contribution in [-0.4, -0.2) is 32.3 Å². The van der Waals surface area contributed by atoms with Gasteiger partial charge in [0, 0.05) is 17.3 Å². The maximum atomic E-state index is 13.0. The van der Waals surface area contributed by atoms with E-state index >= 15 is 0 Å². The van der Waals surface area contributed by atoms with Gasteiger partial charge in [0.25, 0.3) is 5.91 Å². The minimum Gasteiger partial charge on any atom is -0.342 e. The Balaban J connectivity index is 1.76. The van der Waals surface area contributed by atoms with Crippen LogP contribution in [0.4, 0.5) is 5.69 Å². The van der Waals surface area contributed by atoms with E-state index in [9.17, 15) is 9.59 Å². The number of rotatable bonds is 10. The molecule has 0 radical (unpaired) electrons. The van der Waals surface area contributed by atoms with Crippen LogP contribution in [0.1, 0.15) is 36.1 Å². The monoisotopic (exact) mass is 585 g/mol. The van der Waals surface area contributed by atoms with Gasteiger partial charge in [-0.05, 0) is 42.3 Å². The minimum atomic E-state index is -0.476. The van der Waals surface area contributed by atoms with Crippen LogP contribution in [0.25, 0.3) is 0 Å². The summed E-state index contributed by atoms with van der Waals surface area (Å²) in [7, 11) is 0. The average Bonchev–Trinajstić information content (AvgIpc) is 3.20. The van der Waals surface area contributed by atoms with E-state index in [0.717, 1.165) is 0 Å². The highest BCUT2D eigenvalue weighted by Crippen LogP contribution is 2.28. The molecule has 1 atom stereocenters. The first-order chi connectivity index (χ1) is 17.1. The minimum absolute atomic E-state index is 0.0245. The smallest absolute Gasteiger partial charge is 0.253 e. The highest BCUT2D eigenvalue weighted by Gasteiger charge is 2.27. The Labute approximate surface area is 233 Å². The van der Waals surface area contributed by atoms with Gasteiger partial charge in [0.15, 0.2) is 11.0 Å². The number of benzene rings is 2. The van der Waals surface area contributed by atoms with Gasteiger partial charge in [-0.15, -0.1) is 16.8 Å². The number of anilines is 1. The van der Waals surface area contributed by atoms with Gasteiger partial charge in [0.1, 0.15) is 0 Å². The molecule has 0 aliphatic rings. The van der Waals surface area contributed by atoms with E-state index in [1.54, 1.807) is 36.4 Å². The Kier molecular flexibility index (Phi) is 10.1. The lowest BCUT2D eigenvalue weighted by Gasteiger charge is -2.23. The third-order valence-corrected chi connectivity index (χ3v) is 7.25. The number of thioether (sulfide) groups is 1. The van der Waals surface area contributed by atoms with Crippen molar-refractivity contribution in [3.63, 3.8) is 0 Å². The number of hydrogen-bond acceptors (Lipinski definition) is 5. The molecule has 7 nitrogen and oxygen atoms in total. The zero-order valence-electron chi connectivity index (χ0n) is 19.4. The van der Waals surface area contributed by atoms with Crippen molar-refractivity contribution in [2.75, 3.05) is 11.1 Å². The van der Waals surface area contributed by atoms with Gasteiger partial charge in [-0.1, -0.05) is 78.1 Å². The number of amides is 2. The van der Waals surface area contributed by atoms with Gasteiger partial charge in [-0.2, -0.15) is 0 Å². The number of carbonyl (C=O) groups excluding carboxylic acids is 2. The van der Waals surface area contributed by atoms with Gasteiger partial charge >= 0.3 is 0 Å². The van der Waals surface area contributed by atoms with Crippen LogP contribution in [0.3, 0.4) is 0 Å². The van der Waals surface area contributed by atoms with Crippen molar-refractivity contribution in [3.8, 4) is 0 Å². The first-order valence-corrected chi connectivity index (χ1v) is 13.3. The van der Waals surface area contributed by atoms with E-state index in [2.05, 4.69) is 27.4 Å². The molecule has 0 aliphatic heterocycles. The van der Waals surface area contributed by atoms with Gasteiger partial charge in [0.2, 0.25) is 5.91 Å². The Morgan fingerprint density at radius 2 is 1.81 bits per heavy atom. The molecule has 36 heavy (non-hydrogen) atoms. The lowest BCUT2D eigenvalue weighted by Crippen LogP contribution is -2.34. The number of allylic oxidation sites excluding steroid dienone is 1. The van der Waals surface area contributed by atoms with E-state index in [0.29, 0.717) is 43.8 Å².